The van der Waals surface area contributed by atoms with Crippen molar-refractivity contribution in [2.45, 2.75) is 75.8 Å². The quantitative estimate of drug-likeness (QED) is 0.375. The summed E-state index contributed by atoms with van der Waals surface area (Å²) in [6, 6.07) is 0. The van der Waals surface area contributed by atoms with Crippen LogP contribution in [0.5, 0.6) is 0 Å². The Bertz CT molecular complexity index is 480. The first-order valence-corrected chi connectivity index (χ1v) is 9.26. The lowest BCUT2D eigenvalue weighted by Gasteiger charge is -2.42. The average molecular weight is 374 g/mol. The molecule has 8 atom stereocenters. The molecule has 0 amide bonds. The van der Waals surface area contributed by atoms with Gasteiger partial charge in [-0.3, -0.25) is 4.79 Å². The van der Waals surface area contributed by atoms with Gasteiger partial charge >= 0.3 is 5.97 Å². The summed E-state index contributed by atoms with van der Waals surface area (Å²) in [5.74, 6) is -1.89. The normalized spacial score (nSPS) is 38.9. The summed E-state index contributed by atoms with van der Waals surface area (Å²) in [7, 11) is 0. The topological polar surface area (TPSA) is 137 Å². The van der Waals surface area contributed by atoms with Gasteiger partial charge in [0.25, 0.3) is 0 Å². The molecule has 0 saturated carbocycles. The van der Waals surface area contributed by atoms with Crippen molar-refractivity contribution in [2.24, 2.45) is 11.8 Å². The van der Waals surface area contributed by atoms with Crippen molar-refractivity contribution in [3.05, 3.63) is 12.2 Å². The van der Waals surface area contributed by atoms with Crippen LogP contribution in [0.4, 0.5) is 0 Å². The molecule has 8 heteroatoms. The van der Waals surface area contributed by atoms with E-state index in [0.717, 1.165) is 19.3 Å². The minimum atomic E-state index is -1.51. The first-order chi connectivity index (χ1) is 12.4. The summed E-state index contributed by atoms with van der Waals surface area (Å²) in [4.78, 5) is 11.6. The highest BCUT2D eigenvalue weighted by Gasteiger charge is 2.46. The Morgan fingerprint density at radius 2 is 2.00 bits per heavy atom. The van der Waals surface area contributed by atoms with Crippen molar-refractivity contribution in [2.75, 3.05) is 6.61 Å². The molecule has 2 aliphatic rings. The van der Waals surface area contributed by atoms with Crippen LogP contribution in [0.15, 0.2) is 12.2 Å². The number of rotatable bonds is 8. The fourth-order valence-electron chi connectivity index (χ4n) is 3.68. The number of ether oxygens (including phenoxy) is 2. The van der Waals surface area contributed by atoms with Crippen LogP contribution < -0.4 is 0 Å². The monoisotopic (exact) mass is 374 g/mol. The molecule has 26 heavy (non-hydrogen) atoms. The molecular formula is C18H30O8. The standard InChI is InChI=1S/C18H30O8/c1-2-3-8-12(10-6-4-5-7-11(10)17(23)24)25-18-16(22)15(21)14(20)13(9-19)26-18/h5,7,10-16,18-22H,2-4,6,8-9H2,1H3,(H,23,24)/t10-,11+,12?,13+,14+,15-,16+,18+/m0/s1. The van der Waals surface area contributed by atoms with Crippen LogP contribution in [0.3, 0.4) is 0 Å². The third-order valence-corrected chi connectivity index (χ3v) is 5.23. The number of unbranched alkanes of at least 4 members (excludes halogenated alkanes) is 1. The van der Waals surface area contributed by atoms with E-state index in [1.54, 1.807) is 6.08 Å². The van der Waals surface area contributed by atoms with E-state index in [2.05, 4.69) is 0 Å². The van der Waals surface area contributed by atoms with Crippen molar-refractivity contribution >= 4 is 5.97 Å². The van der Waals surface area contributed by atoms with Crippen LogP contribution in [0, 0.1) is 11.8 Å². The highest BCUT2D eigenvalue weighted by Crippen LogP contribution is 2.34. The average Bonchev–Trinajstić information content (AvgIpc) is 2.65. The van der Waals surface area contributed by atoms with Gasteiger partial charge in [-0.2, -0.15) is 0 Å². The Balaban J connectivity index is 2.16. The van der Waals surface area contributed by atoms with Gasteiger partial charge in [-0.1, -0.05) is 31.9 Å². The van der Waals surface area contributed by atoms with E-state index in [1.165, 1.54) is 0 Å². The van der Waals surface area contributed by atoms with Gasteiger partial charge in [0.15, 0.2) is 6.29 Å². The molecule has 0 aromatic heterocycles. The van der Waals surface area contributed by atoms with Gasteiger partial charge in [0, 0.05) is 5.92 Å². The first kappa shape index (κ1) is 21.3. The second-order valence-electron chi connectivity index (χ2n) is 7.05. The second-order valence-corrected chi connectivity index (χ2v) is 7.05. The van der Waals surface area contributed by atoms with E-state index >= 15 is 0 Å². The molecule has 0 spiro atoms. The van der Waals surface area contributed by atoms with Gasteiger partial charge in [-0.05, 0) is 19.3 Å². The highest BCUT2D eigenvalue weighted by atomic mass is 16.7. The van der Waals surface area contributed by atoms with Gasteiger partial charge in [-0.15, -0.1) is 0 Å². The summed E-state index contributed by atoms with van der Waals surface area (Å²) in [5.41, 5.74) is 0. The summed E-state index contributed by atoms with van der Waals surface area (Å²) < 4.78 is 11.4. The van der Waals surface area contributed by atoms with Crippen LogP contribution in [0.25, 0.3) is 0 Å². The van der Waals surface area contributed by atoms with E-state index in [0.29, 0.717) is 12.8 Å². The number of aliphatic hydroxyl groups is 4. The van der Waals surface area contributed by atoms with E-state index in [-0.39, 0.29) is 5.92 Å². The molecule has 150 valence electrons. The number of allylic oxidation sites excluding steroid dienone is 1. The Morgan fingerprint density at radius 3 is 2.62 bits per heavy atom. The molecule has 1 fully saturated rings. The number of carboxylic acid groups (broad SMARTS) is 1. The van der Waals surface area contributed by atoms with Crippen molar-refractivity contribution < 1.29 is 39.8 Å². The largest absolute Gasteiger partial charge is 0.481 e. The molecule has 0 bridgehead atoms. The summed E-state index contributed by atoms with van der Waals surface area (Å²) in [6.07, 6.45) is -0.0218. The van der Waals surface area contributed by atoms with Crippen LogP contribution in [-0.4, -0.2) is 74.9 Å². The molecule has 1 saturated heterocycles. The zero-order valence-electron chi connectivity index (χ0n) is 15.0. The summed E-state index contributed by atoms with van der Waals surface area (Å²) in [6.45, 7) is 1.48. The van der Waals surface area contributed by atoms with Crippen molar-refractivity contribution in [3.8, 4) is 0 Å². The molecule has 8 nitrogen and oxygen atoms in total. The van der Waals surface area contributed by atoms with Gasteiger partial charge < -0.3 is 35.0 Å². The summed E-state index contributed by atoms with van der Waals surface area (Å²) in [5, 5.41) is 48.8. The Morgan fingerprint density at radius 1 is 1.27 bits per heavy atom. The fourth-order valence-corrected chi connectivity index (χ4v) is 3.68. The summed E-state index contributed by atoms with van der Waals surface area (Å²) >= 11 is 0. The minimum Gasteiger partial charge on any atom is -0.481 e. The molecule has 0 aromatic carbocycles. The number of carbonyl (C=O) groups is 1. The third-order valence-electron chi connectivity index (χ3n) is 5.23. The maximum atomic E-state index is 11.6. The second kappa shape index (κ2) is 9.77. The van der Waals surface area contributed by atoms with Gasteiger partial charge in [0.1, 0.15) is 24.4 Å². The van der Waals surface area contributed by atoms with Crippen LogP contribution >= 0.6 is 0 Å². The third kappa shape index (κ3) is 4.82. The van der Waals surface area contributed by atoms with Crippen LogP contribution in [0.2, 0.25) is 0 Å². The predicted molar refractivity (Wildman–Crippen MR) is 91.2 cm³/mol. The molecule has 0 radical (unpaired) electrons. The maximum Gasteiger partial charge on any atom is 0.310 e. The first-order valence-electron chi connectivity index (χ1n) is 9.26. The zero-order chi connectivity index (χ0) is 19.3. The molecule has 1 unspecified atom stereocenters. The van der Waals surface area contributed by atoms with Crippen molar-refractivity contribution in [1.82, 2.24) is 0 Å². The molecule has 1 heterocycles. The van der Waals surface area contributed by atoms with Crippen LogP contribution in [0.1, 0.15) is 39.0 Å². The molecule has 5 N–H and O–H groups in total. The van der Waals surface area contributed by atoms with E-state index in [1.807, 2.05) is 13.0 Å². The maximum absolute atomic E-state index is 11.6. The van der Waals surface area contributed by atoms with Gasteiger partial charge in [0.05, 0.1) is 18.6 Å². The molecule has 1 aliphatic carbocycles. The smallest absolute Gasteiger partial charge is 0.310 e. The zero-order valence-corrected chi connectivity index (χ0v) is 15.0. The number of aliphatic hydroxyl groups excluding tert-OH is 4. The highest BCUT2D eigenvalue weighted by molar-refractivity contribution is 5.72. The molecular weight excluding hydrogens is 344 g/mol. The Labute approximate surface area is 153 Å². The Kier molecular flexibility index (Phi) is 8.00. The minimum absolute atomic E-state index is 0.281. The number of hydrogen-bond acceptors (Lipinski definition) is 7. The van der Waals surface area contributed by atoms with Crippen LogP contribution in [-0.2, 0) is 14.3 Å². The lowest BCUT2D eigenvalue weighted by atomic mass is 9.78. The van der Waals surface area contributed by atoms with Gasteiger partial charge in [0.2, 0.25) is 0 Å². The Hall–Kier alpha value is -1.03. The molecule has 1 aliphatic heterocycles. The molecule has 0 aromatic rings. The van der Waals surface area contributed by atoms with E-state index in [4.69, 9.17) is 9.47 Å². The fraction of sp³-hybridized carbons (Fsp3) is 0.833. The van der Waals surface area contributed by atoms with Crippen molar-refractivity contribution in [1.29, 1.82) is 0 Å². The lowest BCUT2D eigenvalue weighted by molar-refractivity contribution is -0.316. The van der Waals surface area contributed by atoms with E-state index < -0.39 is 55.3 Å². The number of hydrogen-bond donors (Lipinski definition) is 5. The van der Waals surface area contributed by atoms with Crippen molar-refractivity contribution in [3.63, 3.8) is 0 Å². The number of aliphatic carboxylic acids is 1. The SMILES string of the molecule is CCCCC(O[C@@H]1O[C@H](CO)[C@@H](O)[C@H](O)[C@H]1O)[C@H]1CCC=C[C@H]1C(=O)O. The number of carboxylic acids is 1. The molecule has 2 rings (SSSR count). The lowest BCUT2D eigenvalue weighted by Crippen LogP contribution is -2.60. The predicted octanol–water partition coefficient (Wildman–Crippen LogP) is 0.0287. The van der Waals surface area contributed by atoms with Gasteiger partial charge in [-0.25, -0.2) is 0 Å². The van der Waals surface area contributed by atoms with E-state index in [9.17, 15) is 30.3 Å².